The molecule has 2 aromatic rings. The number of nitrogen functional groups attached to an aromatic ring is 1. The maximum Gasteiger partial charge on any atom is 0.263 e. The Kier molecular flexibility index (Phi) is 2.15. The first-order valence-electron chi connectivity index (χ1n) is 4.15. The molecule has 1 nitrogen and oxygen atoms in total. The van der Waals surface area contributed by atoms with Crippen LogP contribution in [0.3, 0.4) is 0 Å². The van der Waals surface area contributed by atoms with Crippen molar-refractivity contribution in [2.75, 3.05) is 5.73 Å². The van der Waals surface area contributed by atoms with E-state index in [4.69, 9.17) is 5.73 Å². The maximum atomic E-state index is 12.5. The fourth-order valence-corrected chi connectivity index (χ4v) is 2.44. The smallest absolute Gasteiger partial charge is 0.263 e. The summed E-state index contributed by atoms with van der Waals surface area (Å²) >= 11 is 1.34. The van der Waals surface area contributed by atoms with Gasteiger partial charge >= 0.3 is 0 Å². The summed E-state index contributed by atoms with van der Waals surface area (Å²) in [6.45, 7) is 1.82. The van der Waals surface area contributed by atoms with E-state index in [1.165, 1.54) is 23.5 Å². The number of benzene rings is 1. The largest absolute Gasteiger partial charge is 0.391 e. The number of nitrogens with two attached hydrogens (primary N) is 1. The molecule has 0 aliphatic rings. The van der Waals surface area contributed by atoms with Gasteiger partial charge in [0, 0.05) is 10.3 Å². The van der Waals surface area contributed by atoms with Gasteiger partial charge in [0.25, 0.3) is 6.43 Å². The minimum Gasteiger partial charge on any atom is -0.391 e. The minimum absolute atomic E-state index is 0.0665. The summed E-state index contributed by atoms with van der Waals surface area (Å²) in [5, 5.41) is 1.63. The molecule has 2 N–H and O–H groups in total. The van der Waals surface area contributed by atoms with Gasteiger partial charge in [0.15, 0.2) is 0 Å². The van der Waals surface area contributed by atoms with Gasteiger partial charge in [-0.25, -0.2) is 8.78 Å². The van der Waals surface area contributed by atoms with E-state index in [2.05, 4.69) is 0 Å². The van der Waals surface area contributed by atoms with Crippen molar-refractivity contribution in [3.63, 3.8) is 0 Å². The lowest BCUT2D eigenvalue weighted by atomic mass is 10.1. The SMILES string of the molecule is Cc1cc(C(F)F)cc2sc(N)cc12. The minimum atomic E-state index is -2.42. The lowest BCUT2D eigenvalue weighted by Gasteiger charge is -2.02. The summed E-state index contributed by atoms with van der Waals surface area (Å²) in [6.07, 6.45) is -2.42. The highest BCUT2D eigenvalue weighted by molar-refractivity contribution is 7.22. The predicted molar refractivity (Wildman–Crippen MR) is 55.9 cm³/mol. The summed E-state index contributed by atoms with van der Waals surface area (Å²) in [6, 6.07) is 4.85. The molecule has 0 atom stereocenters. The van der Waals surface area contributed by atoms with E-state index < -0.39 is 6.43 Å². The van der Waals surface area contributed by atoms with E-state index in [0.29, 0.717) is 5.00 Å². The fourth-order valence-electron chi connectivity index (χ4n) is 1.49. The molecular formula is C10H9F2NS. The van der Waals surface area contributed by atoms with E-state index in [-0.39, 0.29) is 5.56 Å². The zero-order valence-electron chi connectivity index (χ0n) is 7.55. The number of alkyl halides is 2. The molecule has 74 valence electrons. The van der Waals surface area contributed by atoms with Gasteiger partial charge in [0.1, 0.15) is 0 Å². The molecule has 0 aliphatic heterocycles. The molecule has 0 fully saturated rings. The van der Waals surface area contributed by atoms with E-state index >= 15 is 0 Å². The van der Waals surface area contributed by atoms with Crippen LogP contribution in [0, 0.1) is 6.92 Å². The first-order chi connectivity index (χ1) is 6.58. The molecule has 0 unspecified atom stereocenters. The molecule has 1 aromatic heterocycles. The van der Waals surface area contributed by atoms with Gasteiger partial charge in [0.2, 0.25) is 0 Å². The topological polar surface area (TPSA) is 26.0 Å². The highest BCUT2D eigenvalue weighted by Gasteiger charge is 2.10. The second-order valence-electron chi connectivity index (χ2n) is 3.20. The molecular weight excluding hydrogens is 204 g/mol. The average molecular weight is 213 g/mol. The quantitative estimate of drug-likeness (QED) is 0.767. The van der Waals surface area contributed by atoms with Crippen molar-refractivity contribution in [3.05, 3.63) is 29.3 Å². The molecule has 0 spiro atoms. The van der Waals surface area contributed by atoms with E-state index in [9.17, 15) is 8.78 Å². The van der Waals surface area contributed by atoms with E-state index in [0.717, 1.165) is 15.6 Å². The Balaban J connectivity index is 2.71. The van der Waals surface area contributed by atoms with Gasteiger partial charge in [-0.2, -0.15) is 0 Å². The van der Waals surface area contributed by atoms with Crippen molar-refractivity contribution in [2.45, 2.75) is 13.3 Å². The first kappa shape index (κ1) is 9.40. The second kappa shape index (κ2) is 3.20. The van der Waals surface area contributed by atoms with Crippen LogP contribution in [0.2, 0.25) is 0 Å². The number of aryl methyl sites for hydroxylation is 1. The van der Waals surface area contributed by atoms with Crippen LogP contribution < -0.4 is 5.73 Å². The lowest BCUT2D eigenvalue weighted by molar-refractivity contribution is 0.151. The highest BCUT2D eigenvalue weighted by Crippen LogP contribution is 2.33. The number of hydrogen-bond donors (Lipinski definition) is 1. The van der Waals surface area contributed by atoms with Crippen LogP contribution in [0.1, 0.15) is 17.6 Å². The zero-order valence-corrected chi connectivity index (χ0v) is 8.37. The molecule has 0 saturated heterocycles. The molecule has 4 heteroatoms. The summed E-state index contributed by atoms with van der Waals surface area (Å²) in [4.78, 5) is 0. The standard InChI is InChI=1S/C10H9F2NS/c1-5-2-6(10(11)12)3-8-7(5)4-9(13)14-8/h2-4,10H,13H2,1H3. The Morgan fingerprint density at radius 2 is 2.00 bits per heavy atom. The summed E-state index contributed by atoms with van der Waals surface area (Å²) in [7, 11) is 0. The number of anilines is 1. The van der Waals surface area contributed by atoms with Crippen LogP contribution in [0.5, 0.6) is 0 Å². The van der Waals surface area contributed by atoms with Gasteiger partial charge in [-0.3, -0.25) is 0 Å². The predicted octanol–water partition coefficient (Wildman–Crippen LogP) is 3.73. The Labute approximate surface area is 84.2 Å². The van der Waals surface area contributed by atoms with E-state index in [1.54, 1.807) is 0 Å². The van der Waals surface area contributed by atoms with Gasteiger partial charge in [-0.15, -0.1) is 11.3 Å². The monoisotopic (exact) mass is 213 g/mol. The molecule has 0 saturated carbocycles. The molecule has 14 heavy (non-hydrogen) atoms. The third-order valence-corrected chi connectivity index (χ3v) is 3.05. The number of rotatable bonds is 1. The van der Waals surface area contributed by atoms with Crippen molar-refractivity contribution in [1.29, 1.82) is 0 Å². The summed E-state index contributed by atoms with van der Waals surface area (Å²) in [5.74, 6) is 0. The van der Waals surface area contributed by atoms with Crippen LogP contribution in [0.25, 0.3) is 10.1 Å². The Hall–Kier alpha value is -1.16. The average Bonchev–Trinajstić information content (AvgIpc) is 2.45. The van der Waals surface area contributed by atoms with Crippen LogP contribution in [0.15, 0.2) is 18.2 Å². The van der Waals surface area contributed by atoms with Crippen LogP contribution >= 0.6 is 11.3 Å². The molecule has 0 aliphatic carbocycles. The summed E-state index contributed by atoms with van der Waals surface area (Å²) < 4.78 is 25.7. The normalized spacial score (nSPS) is 11.4. The molecule has 2 rings (SSSR count). The number of fused-ring (bicyclic) bond motifs is 1. The Morgan fingerprint density at radius 3 is 2.64 bits per heavy atom. The molecule has 1 heterocycles. The van der Waals surface area contributed by atoms with Crippen LogP contribution in [-0.4, -0.2) is 0 Å². The molecule has 1 aromatic carbocycles. The van der Waals surface area contributed by atoms with Gasteiger partial charge in [-0.1, -0.05) is 0 Å². The van der Waals surface area contributed by atoms with Gasteiger partial charge < -0.3 is 5.73 Å². The van der Waals surface area contributed by atoms with Gasteiger partial charge in [0.05, 0.1) is 5.00 Å². The van der Waals surface area contributed by atoms with Crippen LogP contribution in [-0.2, 0) is 0 Å². The molecule has 0 amide bonds. The molecule has 0 radical (unpaired) electrons. The van der Waals surface area contributed by atoms with Crippen molar-refractivity contribution < 1.29 is 8.78 Å². The number of halogens is 2. The molecule has 0 bridgehead atoms. The first-order valence-corrected chi connectivity index (χ1v) is 4.97. The van der Waals surface area contributed by atoms with Crippen molar-refractivity contribution in [2.24, 2.45) is 0 Å². The highest BCUT2D eigenvalue weighted by atomic mass is 32.1. The van der Waals surface area contributed by atoms with E-state index in [1.807, 2.05) is 13.0 Å². The fraction of sp³-hybridized carbons (Fsp3) is 0.200. The zero-order chi connectivity index (χ0) is 10.3. The van der Waals surface area contributed by atoms with Crippen LogP contribution in [0.4, 0.5) is 13.8 Å². The summed E-state index contributed by atoms with van der Waals surface area (Å²) in [5.41, 5.74) is 6.54. The third kappa shape index (κ3) is 1.46. The van der Waals surface area contributed by atoms with Crippen molar-refractivity contribution in [3.8, 4) is 0 Å². The van der Waals surface area contributed by atoms with Crippen molar-refractivity contribution >= 4 is 26.4 Å². The second-order valence-corrected chi connectivity index (χ2v) is 4.31. The number of hydrogen-bond acceptors (Lipinski definition) is 2. The number of thiophene rings is 1. The Bertz CT molecular complexity index is 476. The Morgan fingerprint density at radius 1 is 1.29 bits per heavy atom. The van der Waals surface area contributed by atoms with Gasteiger partial charge in [-0.05, 0) is 36.1 Å². The maximum absolute atomic E-state index is 12.5. The van der Waals surface area contributed by atoms with Crippen molar-refractivity contribution in [1.82, 2.24) is 0 Å². The third-order valence-electron chi connectivity index (χ3n) is 2.14. The lowest BCUT2D eigenvalue weighted by Crippen LogP contribution is -1.85.